The molecule has 1 aromatic heterocycles. The Bertz CT molecular complexity index is 700. The Balaban J connectivity index is 2.04. The first-order chi connectivity index (χ1) is 10.1. The number of nitrogen functional groups attached to an aromatic ring is 1. The maximum Gasteiger partial charge on any atom is 0.169 e. The number of rotatable bonds is 3. The van der Waals surface area contributed by atoms with Crippen molar-refractivity contribution < 1.29 is 0 Å². The molecule has 1 aliphatic rings. The zero-order valence-electron chi connectivity index (χ0n) is 12.1. The third kappa shape index (κ3) is 2.43. The van der Waals surface area contributed by atoms with E-state index < -0.39 is 0 Å². The van der Waals surface area contributed by atoms with E-state index in [0.29, 0.717) is 23.2 Å². The summed E-state index contributed by atoms with van der Waals surface area (Å²) in [6.07, 6.45) is 0. The number of nitrogens with zero attached hydrogens (tertiary/aromatic N) is 3. The molecule has 1 saturated heterocycles. The van der Waals surface area contributed by atoms with E-state index in [9.17, 15) is 5.26 Å². The van der Waals surface area contributed by atoms with Gasteiger partial charge in [0, 0.05) is 13.1 Å². The van der Waals surface area contributed by atoms with Crippen LogP contribution in [0.2, 0.25) is 0 Å². The molecule has 0 atom stereocenters. The van der Waals surface area contributed by atoms with Crippen LogP contribution in [0.3, 0.4) is 0 Å². The average molecular weight is 282 g/mol. The summed E-state index contributed by atoms with van der Waals surface area (Å²) in [5, 5.41) is 20.3. The quantitative estimate of drug-likeness (QED) is 0.790. The van der Waals surface area contributed by atoms with Crippen LogP contribution in [0.5, 0.6) is 0 Å². The van der Waals surface area contributed by atoms with Gasteiger partial charge < -0.3 is 16.4 Å². The molecule has 0 spiro atoms. The van der Waals surface area contributed by atoms with Gasteiger partial charge in [-0.05, 0) is 37.1 Å². The summed E-state index contributed by atoms with van der Waals surface area (Å²) in [4.78, 5) is 0. The number of aryl methyl sites for hydroxylation is 2. The van der Waals surface area contributed by atoms with Gasteiger partial charge in [-0.1, -0.05) is 6.07 Å². The van der Waals surface area contributed by atoms with Crippen LogP contribution < -0.4 is 16.4 Å². The summed E-state index contributed by atoms with van der Waals surface area (Å²) in [6, 6.07) is 8.55. The van der Waals surface area contributed by atoms with Gasteiger partial charge in [0.1, 0.15) is 17.5 Å². The fourth-order valence-electron chi connectivity index (χ4n) is 2.50. The molecule has 1 fully saturated rings. The summed E-state index contributed by atoms with van der Waals surface area (Å²) >= 11 is 0. The van der Waals surface area contributed by atoms with Gasteiger partial charge in [0.2, 0.25) is 0 Å². The van der Waals surface area contributed by atoms with Crippen molar-refractivity contribution in [1.82, 2.24) is 15.1 Å². The minimum atomic E-state index is 0.305. The molecule has 1 aliphatic heterocycles. The molecular formula is C15H18N6. The summed E-state index contributed by atoms with van der Waals surface area (Å²) in [5.41, 5.74) is 9.65. The van der Waals surface area contributed by atoms with E-state index >= 15 is 0 Å². The van der Waals surface area contributed by atoms with Crippen LogP contribution in [-0.2, 0) is 0 Å². The Kier molecular flexibility index (Phi) is 3.28. The van der Waals surface area contributed by atoms with Crippen LogP contribution >= 0.6 is 0 Å². The molecule has 1 aromatic carbocycles. The van der Waals surface area contributed by atoms with Crippen molar-refractivity contribution in [2.75, 3.05) is 24.1 Å². The molecule has 0 radical (unpaired) electrons. The number of hydrogen-bond donors (Lipinski definition) is 3. The molecule has 0 aliphatic carbocycles. The predicted octanol–water partition coefficient (Wildman–Crippen LogP) is 1.33. The molecule has 0 bridgehead atoms. The van der Waals surface area contributed by atoms with Crippen LogP contribution in [0, 0.1) is 25.2 Å². The van der Waals surface area contributed by atoms with Crippen LogP contribution in [0.25, 0.3) is 5.69 Å². The molecule has 0 saturated carbocycles. The highest BCUT2D eigenvalue weighted by Gasteiger charge is 2.22. The Morgan fingerprint density at radius 3 is 2.52 bits per heavy atom. The second kappa shape index (κ2) is 5.11. The number of nitriles is 1. The van der Waals surface area contributed by atoms with Crippen LogP contribution in [-0.4, -0.2) is 28.9 Å². The predicted molar refractivity (Wildman–Crippen MR) is 82.4 cm³/mol. The lowest BCUT2D eigenvalue weighted by atomic mass is 10.1. The second-order valence-corrected chi connectivity index (χ2v) is 5.48. The number of benzene rings is 1. The molecule has 3 rings (SSSR count). The normalized spacial score (nSPS) is 14.5. The van der Waals surface area contributed by atoms with Gasteiger partial charge in [0.25, 0.3) is 0 Å². The van der Waals surface area contributed by atoms with E-state index in [2.05, 4.69) is 27.9 Å². The number of aromatic nitrogens is 2. The maximum atomic E-state index is 9.33. The van der Waals surface area contributed by atoms with E-state index in [1.54, 1.807) is 4.68 Å². The summed E-state index contributed by atoms with van der Waals surface area (Å²) in [5.74, 6) is 0.929. The molecule has 108 valence electrons. The Hall–Kier alpha value is -2.52. The van der Waals surface area contributed by atoms with Crippen LogP contribution in [0.1, 0.15) is 16.7 Å². The van der Waals surface area contributed by atoms with Crippen LogP contribution in [0.15, 0.2) is 18.2 Å². The number of anilines is 2. The standard InChI is InChI=1S/C15H18N6/c1-9-3-10(2)5-12(4-9)21-14(17)13(6-16)15(20-21)19-11-7-18-8-11/h3-5,11,18H,7-8,17H2,1-2H3,(H,19,20). The molecule has 6 nitrogen and oxygen atoms in total. The molecule has 0 amide bonds. The fourth-order valence-corrected chi connectivity index (χ4v) is 2.50. The first-order valence-corrected chi connectivity index (χ1v) is 6.93. The van der Waals surface area contributed by atoms with E-state index in [1.807, 2.05) is 26.0 Å². The zero-order valence-corrected chi connectivity index (χ0v) is 12.1. The molecule has 4 N–H and O–H groups in total. The van der Waals surface area contributed by atoms with Crippen molar-refractivity contribution in [3.8, 4) is 11.8 Å². The fraction of sp³-hybridized carbons (Fsp3) is 0.333. The number of nitrogens with one attached hydrogen (secondary N) is 2. The minimum absolute atomic E-state index is 0.305. The number of nitrogens with two attached hydrogens (primary N) is 1. The molecular weight excluding hydrogens is 264 g/mol. The molecule has 0 unspecified atom stereocenters. The number of hydrogen-bond acceptors (Lipinski definition) is 5. The van der Waals surface area contributed by atoms with Gasteiger partial charge in [-0.2, -0.15) is 5.26 Å². The first-order valence-electron chi connectivity index (χ1n) is 6.93. The smallest absolute Gasteiger partial charge is 0.169 e. The molecule has 21 heavy (non-hydrogen) atoms. The highest BCUT2D eigenvalue weighted by Crippen LogP contribution is 2.26. The third-order valence-corrected chi connectivity index (χ3v) is 3.61. The van der Waals surface area contributed by atoms with Crippen molar-refractivity contribution in [2.45, 2.75) is 19.9 Å². The summed E-state index contributed by atoms with van der Waals surface area (Å²) < 4.78 is 1.63. The first kappa shape index (κ1) is 13.5. The van der Waals surface area contributed by atoms with Crippen molar-refractivity contribution in [2.24, 2.45) is 0 Å². The Labute approximate surface area is 123 Å². The SMILES string of the molecule is Cc1cc(C)cc(-n2nc(NC3CNC3)c(C#N)c2N)c1. The van der Waals surface area contributed by atoms with Crippen molar-refractivity contribution in [1.29, 1.82) is 5.26 Å². The van der Waals surface area contributed by atoms with E-state index in [1.165, 1.54) is 0 Å². The topological polar surface area (TPSA) is 91.7 Å². The van der Waals surface area contributed by atoms with E-state index in [-0.39, 0.29) is 0 Å². The highest BCUT2D eigenvalue weighted by molar-refractivity contribution is 5.66. The van der Waals surface area contributed by atoms with Gasteiger partial charge in [-0.15, -0.1) is 5.10 Å². The monoisotopic (exact) mass is 282 g/mol. The van der Waals surface area contributed by atoms with Gasteiger partial charge >= 0.3 is 0 Å². The lowest BCUT2D eigenvalue weighted by molar-refractivity contribution is 0.470. The molecule has 2 aromatic rings. The van der Waals surface area contributed by atoms with Crippen molar-refractivity contribution in [3.05, 3.63) is 34.9 Å². The maximum absolute atomic E-state index is 9.33. The highest BCUT2D eigenvalue weighted by atomic mass is 15.4. The summed E-state index contributed by atoms with van der Waals surface area (Å²) in [7, 11) is 0. The van der Waals surface area contributed by atoms with E-state index in [4.69, 9.17) is 5.73 Å². The van der Waals surface area contributed by atoms with Gasteiger partial charge in [0.05, 0.1) is 11.7 Å². The van der Waals surface area contributed by atoms with E-state index in [0.717, 1.165) is 29.9 Å². The zero-order chi connectivity index (χ0) is 15.0. The van der Waals surface area contributed by atoms with Crippen molar-refractivity contribution >= 4 is 11.6 Å². The summed E-state index contributed by atoms with van der Waals surface area (Å²) in [6.45, 7) is 5.81. The van der Waals surface area contributed by atoms with Crippen LogP contribution in [0.4, 0.5) is 11.6 Å². The van der Waals surface area contributed by atoms with Gasteiger partial charge in [-0.25, -0.2) is 4.68 Å². The second-order valence-electron chi connectivity index (χ2n) is 5.48. The van der Waals surface area contributed by atoms with Crippen molar-refractivity contribution in [3.63, 3.8) is 0 Å². The van der Waals surface area contributed by atoms with Gasteiger partial charge in [0.15, 0.2) is 5.82 Å². The molecule has 2 heterocycles. The van der Waals surface area contributed by atoms with Gasteiger partial charge in [-0.3, -0.25) is 0 Å². The lowest BCUT2D eigenvalue weighted by Gasteiger charge is -2.27. The Morgan fingerprint density at radius 2 is 2.00 bits per heavy atom. The molecule has 6 heteroatoms. The average Bonchev–Trinajstić information content (AvgIpc) is 2.69. The third-order valence-electron chi connectivity index (χ3n) is 3.61. The minimum Gasteiger partial charge on any atom is -0.382 e. The Morgan fingerprint density at radius 1 is 1.33 bits per heavy atom. The largest absolute Gasteiger partial charge is 0.382 e. The lowest BCUT2D eigenvalue weighted by Crippen LogP contribution is -2.51.